The van der Waals surface area contributed by atoms with Gasteiger partial charge in [-0.3, -0.25) is 0 Å². The average molecular weight is 195 g/mol. The second-order valence-corrected chi connectivity index (χ2v) is 3.12. The first-order valence-electron chi connectivity index (χ1n) is 4.71. The highest BCUT2D eigenvalue weighted by molar-refractivity contribution is 5.17. The summed E-state index contributed by atoms with van der Waals surface area (Å²) in [6.45, 7) is 5.21. The Labute approximate surface area is 84.6 Å². The van der Waals surface area contributed by atoms with Crippen LogP contribution in [0.15, 0.2) is 24.8 Å². The van der Waals surface area contributed by atoms with Crippen molar-refractivity contribution in [3.8, 4) is 0 Å². The van der Waals surface area contributed by atoms with Crippen molar-refractivity contribution >= 4 is 0 Å². The first kappa shape index (κ1) is 11.0. The van der Waals surface area contributed by atoms with Crippen LogP contribution in [0.5, 0.6) is 0 Å². The van der Waals surface area contributed by atoms with Crippen LogP contribution in [0.25, 0.3) is 0 Å². The van der Waals surface area contributed by atoms with Crippen LogP contribution < -0.4 is 0 Å². The van der Waals surface area contributed by atoms with Crippen molar-refractivity contribution in [1.29, 1.82) is 0 Å². The summed E-state index contributed by atoms with van der Waals surface area (Å²) in [6.07, 6.45) is 2.69. The minimum atomic E-state index is 0.0703. The Morgan fingerprint density at radius 1 is 1.50 bits per heavy atom. The average Bonchev–Trinajstić information content (AvgIpc) is 2.58. The van der Waals surface area contributed by atoms with Crippen LogP contribution in [0.4, 0.5) is 0 Å². The van der Waals surface area contributed by atoms with E-state index in [9.17, 15) is 0 Å². The fourth-order valence-electron chi connectivity index (χ4n) is 1.48. The number of aromatic nitrogens is 1. The monoisotopic (exact) mass is 195 g/mol. The Hall–Kier alpha value is -1.06. The van der Waals surface area contributed by atoms with E-state index in [2.05, 4.69) is 11.1 Å². The zero-order valence-corrected chi connectivity index (χ0v) is 8.57. The van der Waals surface area contributed by atoms with E-state index in [-0.39, 0.29) is 6.61 Å². The number of allylic oxidation sites excluding steroid dienone is 1. The molecular formula is C11H17NO2. The first-order chi connectivity index (χ1) is 6.83. The molecule has 0 unspecified atom stereocenters. The van der Waals surface area contributed by atoms with Crippen molar-refractivity contribution in [2.24, 2.45) is 0 Å². The molecule has 0 aliphatic carbocycles. The lowest BCUT2D eigenvalue weighted by Crippen LogP contribution is -2.07. The van der Waals surface area contributed by atoms with E-state index in [1.165, 1.54) is 5.69 Å². The number of nitrogens with zero attached hydrogens (tertiary/aromatic N) is 1. The van der Waals surface area contributed by atoms with Gasteiger partial charge in [-0.25, -0.2) is 0 Å². The lowest BCUT2D eigenvalue weighted by atomic mass is 10.3. The fourth-order valence-corrected chi connectivity index (χ4v) is 1.48. The van der Waals surface area contributed by atoms with E-state index in [1.807, 2.05) is 18.2 Å². The van der Waals surface area contributed by atoms with Gasteiger partial charge in [0.05, 0.1) is 13.2 Å². The third-order valence-electron chi connectivity index (χ3n) is 2.20. The summed E-state index contributed by atoms with van der Waals surface area (Å²) in [5, 5.41) is 9.10. The summed E-state index contributed by atoms with van der Waals surface area (Å²) in [5.74, 6) is 0. The van der Waals surface area contributed by atoms with Gasteiger partial charge in [-0.05, 0) is 12.1 Å². The topological polar surface area (TPSA) is 34.4 Å². The van der Waals surface area contributed by atoms with Crippen molar-refractivity contribution in [3.63, 3.8) is 0 Å². The largest absolute Gasteiger partial charge is 0.390 e. The summed E-state index contributed by atoms with van der Waals surface area (Å²) in [7, 11) is 1.69. The molecule has 0 aliphatic rings. The Morgan fingerprint density at radius 3 is 2.79 bits per heavy atom. The normalized spacial score (nSPS) is 10.4. The zero-order chi connectivity index (χ0) is 10.4. The van der Waals surface area contributed by atoms with Crippen LogP contribution in [0.1, 0.15) is 11.4 Å². The zero-order valence-electron chi connectivity index (χ0n) is 8.57. The molecule has 14 heavy (non-hydrogen) atoms. The molecule has 0 aromatic carbocycles. The van der Waals surface area contributed by atoms with E-state index in [4.69, 9.17) is 9.84 Å². The molecule has 3 heteroatoms. The molecule has 0 aliphatic heterocycles. The third kappa shape index (κ3) is 2.47. The third-order valence-corrected chi connectivity index (χ3v) is 2.20. The van der Waals surface area contributed by atoms with Crippen LogP contribution in [0, 0.1) is 0 Å². The van der Waals surface area contributed by atoms with Crippen molar-refractivity contribution in [2.75, 3.05) is 13.7 Å². The number of hydrogen-bond donors (Lipinski definition) is 1. The summed E-state index contributed by atoms with van der Waals surface area (Å²) in [6, 6.07) is 3.96. The first-order valence-corrected chi connectivity index (χ1v) is 4.71. The van der Waals surface area contributed by atoms with E-state index in [1.54, 1.807) is 7.11 Å². The maximum Gasteiger partial charge on any atom is 0.0833 e. The van der Waals surface area contributed by atoms with E-state index < -0.39 is 0 Å². The molecule has 1 aromatic rings. The maximum atomic E-state index is 9.10. The van der Waals surface area contributed by atoms with Crippen molar-refractivity contribution in [2.45, 2.75) is 19.6 Å². The molecule has 1 aromatic heterocycles. The van der Waals surface area contributed by atoms with E-state index in [0.29, 0.717) is 6.61 Å². The lowest BCUT2D eigenvalue weighted by Gasteiger charge is -2.09. The van der Waals surface area contributed by atoms with Crippen molar-refractivity contribution in [1.82, 2.24) is 4.57 Å². The maximum absolute atomic E-state index is 9.10. The Morgan fingerprint density at radius 2 is 2.21 bits per heavy atom. The summed E-state index contributed by atoms with van der Waals surface area (Å²) in [5.41, 5.74) is 2.10. The summed E-state index contributed by atoms with van der Waals surface area (Å²) < 4.78 is 7.08. The minimum Gasteiger partial charge on any atom is -0.390 e. The van der Waals surface area contributed by atoms with Crippen LogP contribution >= 0.6 is 0 Å². The quantitative estimate of drug-likeness (QED) is 0.695. The standard InChI is InChI=1S/C11H17NO2/c1-3-7-12-10(6-8-14-2)4-5-11(12)9-13/h3-5,13H,1,6-9H2,2H3. The molecule has 0 radical (unpaired) electrons. The molecule has 0 bridgehead atoms. The Balaban J connectivity index is 2.80. The van der Waals surface area contributed by atoms with Gasteiger partial charge in [-0.2, -0.15) is 0 Å². The lowest BCUT2D eigenvalue weighted by molar-refractivity contribution is 0.200. The van der Waals surface area contributed by atoms with E-state index in [0.717, 1.165) is 18.7 Å². The molecule has 0 saturated heterocycles. The van der Waals surface area contributed by atoms with Crippen LogP contribution in [-0.2, 0) is 24.3 Å². The fraction of sp³-hybridized carbons (Fsp3) is 0.455. The summed E-state index contributed by atoms with van der Waals surface area (Å²) >= 11 is 0. The van der Waals surface area contributed by atoms with Gasteiger partial charge in [0.2, 0.25) is 0 Å². The molecule has 1 N–H and O–H groups in total. The van der Waals surface area contributed by atoms with Gasteiger partial charge in [0.25, 0.3) is 0 Å². The SMILES string of the molecule is C=CCn1c(CO)ccc1CCOC. The van der Waals surface area contributed by atoms with Gasteiger partial charge in [-0.15, -0.1) is 6.58 Å². The van der Waals surface area contributed by atoms with Gasteiger partial charge in [0.1, 0.15) is 0 Å². The predicted molar refractivity (Wildman–Crippen MR) is 56.1 cm³/mol. The molecule has 3 nitrogen and oxygen atoms in total. The molecule has 78 valence electrons. The molecule has 0 atom stereocenters. The molecular weight excluding hydrogens is 178 g/mol. The predicted octanol–water partition coefficient (Wildman–Crippen LogP) is 1.36. The minimum absolute atomic E-state index is 0.0703. The van der Waals surface area contributed by atoms with Crippen molar-refractivity contribution < 1.29 is 9.84 Å². The Bertz CT molecular complexity index is 291. The van der Waals surface area contributed by atoms with Crippen LogP contribution in [0.3, 0.4) is 0 Å². The second kappa shape index (κ2) is 5.62. The van der Waals surface area contributed by atoms with Gasteiger partial charge in [0.15, 0.2) is 0 Å². The number of rotatable bonds is 6. The molecule has 0 fully saturated rings. The number of methoxy groups -OCH3 is 1. The molecule has 0 spiro atoms. The van der Waals surface area contributed by atoms with E-state index >= 15 is 0 Å². The summed E-state index contributed by atoms with van der Waals surface area (Å²) in [4.78, 5) is 0. The second-order valence-electron chi connectivity index (χ2n) is 3.12. The molecule has 0 amide bonds. The number of aliphatic hydroxyl groups excluding tert-OH is 1. The highest BCUT2D eigenvalue weighted by Gasteiger charge is 2.05. The van der Waals surface area contributed by atoms with Gasteiger partial charge >= 0.3 is 0 Å². The highest BCUT2D eigenvalue weighted by Crippen LogP contribution is 2.10. The Kier molecular flexibility index (Phi) is 4.43. The van der Waals surface area contributed by atoms with Gasteiger partial charge < -0.3 is 14.4 Å². The number of aliphatic hydroxyl groups is 1. The highest BCUT2D eigenvalue weighted by atomic mass is 16.5. The molecule has 1 heterocycles. The van der Waals surface area contributed by atoms with Crippen LogP contribution in [-0.4, -0.2) is 23.4 Å². The number of ether oxygens (including phenoxy) is 1. The number of hydrogen-bond acceptors (Lipinski definition) is 2. The van der Waals surface area contributed by atoms with Crippen LogP contribution in [0.2, 0.25) is 0 Å². The van der Waals surface area contributed by atoms with Gasteiger partial charge in [-0.1, -0.05) is 6.08 Å². The molecule has 1 rings (SSSR count). The molecule has 0 saturated carbocycles. The smallest absolute Gasteiger partial charge is 0.0833 e. The van der Waals surface area contributed by atoms with Crippen molar-refractivity contribution in [3.05, 3.63) is 36.2 Å². The van der Waals surface area contributed by atoms with Gasteiger partial charge in [0, 0.05) is 31.5 Å².